The highest BCUT2D eigenvalue weighted by Crippen LogP contribution is 2.17. The number of urea groups is 1. The number of aliphatic carboxylic acids is 1. The van der Waals surface area contributed by atoms with Crippen molar-refractivity contribution in [2.75, 3.05) is 11.9 Å². The van der Waals surface area contributed by atoms with E-state index in [1.165, 1.54) is 12.1 Å². The smallest absolute Gasteiger partial charge is 0.328 e. The highest BCUT2D eigenvalue weighted by Gasteiger charge is 2.19. The van der Waals surface area contributed by atoms with Gasteiger partial charge in [0.1, 0.15) is 17.4 Å². The van der Waals surface area contributed by atoms with Crippen molar-refractivity contribution in [3.8, 4) is 6.07 Å². The molecule has 2 amide bonds. The van der Waals surface area contributed by atoms with Gasteiger partial charge in [-0.2, -0.15) is 5.26 Å². The molecule has 1 atom stereocenters. The van der Waals surface area contributed by atoms with Crippen molar-refractivity contribution >= 4 is 17.7 Å². The van der Waals surface area contributed by atoms with Crippen LogP contribution in [0.25, 0.3) is 0 Å². The molecule has 7 nitrogen and oxygen atoms in total. The number of nitriles is 1. The minimum Gasteiger partial charge on any atom is -0.480 e. The molecule has 0 aromatic heterocycles. The molecule has 1 rings (SSSR count). The van der Waals surface area contributed by atoms with Crippen molar-refractivity contribution in [3.05, 3.63) is 29.6 Å². The molecule has 0 fully saturated rings. The van der Waals surface area contributed by atoms with Crippen LogP contribution in [0.1, 0.15) is 5.56 Å². The quantitative estimate of drug-likeness (QED) is 0.623. The topological polar surface area (TPSA) is 122 Å². The van der Waals surface area contributed by atoms with Crippen LogP contribution in [-0.4, -0.2) is 34.9 Å². The minimum atomic E-state index is -1.49. The Morgan fingerprint density at radius 2 is 2.16 bits per heavy atom. The van der Waals surface area contributed by atoms with Crippen LogP contribution < -0.4 is 10.6 Å². The van der Waals surface area contributed by atoms with Gasteiger partial charge in [-0.1, -0.05) is 6.07 Å². The average Bonchev–Trinajstić information content (AvgIpc) is 2.36. The molecule has 0 radical (unpaired) electrons. The van der Waals surface area contributed by atoms with Crippen LogP contribution in [0, 0.1) is 17.1 Å². The summed E-state index contributed by atoms with van der Waals surface area (Å²) in [4.78, 5) is 22.0. The highest BCUT2D eigenvalue weighted by molar-refractivity contribution is 5.93. The van der Waals surface area contributed by atoms with Crippen molar-refractivity contribution in [2.24, 2.45) is 0 Å². The number of halogens is 1. The maximum Gasteiger partial charge on any atom is 0.328 e. The maximum absolute atomic E-state index is 13.2. The Bertz CT molecular complexity index is 541. The molecule has 0 aliphatic heterocycles. The summed E-state index contributed by atoms with van der Waals surface area (Å²) in [5.41, 5.74) is -0.462. The zero-order chi connectivity index (χ0) is 14.4. The zero-order valence-corrected chi connectivity index (χ0v) is 9.55. The van der Waals surface area contributed by atoms with Gasteiger partial charge in [0.2, 0.25) is 0 Å². The molecule has 0 aliphatic rings. The number of carboxylic acids is 1. The lowest BCUT2D eigenvalue weighted by molar-refractivity contribution is -0.140. The first-order valence-corrected chi connectivity index (χ1v) is 5.09. The lowest BCUT2D eigenvalue weighted by Crippen LogP contribution is -2.45. The van der Waals surface area contributed by atoms with E-state index in [0.717, 1.165) is 6.07 Å². The van der Waals surface area contributed by atoms with Gasteiger partial charge in [-0.15, -0.1) is 0 Å². The predicted octanol–water partition coefficient (Wildman–Crippen LogP) is 0.264. The van der Waals surface area contributed by atoms with Gasteiger partial charge in [-0.25, -0.2) is 14.0 Å². The molecule has 0 unspecified atom stereocenters. The molecule has 0 heterocycles. The van der Waals surface area contributed by atoms with E-state index in [2.05, 4.69) is 5.32 Å². The van der Waals surface area contributed by atoms with Gasteiger partial charge < -0.3 is 20.8 Å². The van der Waals surface area contributed by atoms with E-state index in [9.17, 15) is 14.0 Å². The number of aliphatic hydroxyl groups is 1. The number of anilines is 1. The number of hydrogen-bond donors (Lipinski definition) is 4. The van der Waals surface area contributed by atoms with E-state index in [1.807, 2.05) is 5.32 Å². The fourth-order valence-electron chi connectivity index (χ4n) is 1.24. The van der Waals surface area contributed by atoms with Gasteiger partial charge in [0.15, 0.2) is 6.04 Å². The number of carboxylic acid groups (broad SMARTS) is 1. The van der Waals surface area contributed by atoms with Gasteiger partial charge in [-0.3, -0.25) is 0 Å². The van der Waals surface area contributed by atoms with Gasteiger partial charge in [0, 0.05) is 0 Å². The van der Waals surface area contributed by atoms with Crippen LogP contribution in [0.4, 0.5) is 14.9 Å². The fourth-order valence-corrected chi connectivity index (χ4v) is 1.24. The number of nitrogens with one attached hydrogen (secondary N) is 2. The van der Waals surface area contributed by atoms with E-state index >= 15 is 0 Å². The van der Waals surface area contributed by atoms with Crippen molar-refractivity contribution in [1.29, 1.82) is 5.26 Å². The molecule has 4 N–H and O–H groups in total. The maximum atomic E-state index is 13.2. The Kier molecular flexibility index (Phi) is 4.79. The van der Waals surface area contributed by atoms with Crippen molar-refractivity contribution in [3.63, 3.8) is 0 Å². The SMILES string of the molecule is N#Cc1c(F)cccc1NC(=O)N[C@@H](CO)C(=O)O. The Labute approximate surface area is 107 Å². The van der Waals surface area contributed by atoms with Crippen LogP contribution in [0.5, 0.6) is 0 Å². The third-order valence-corrected chi connectivity index (χ3v) is 2.16. The Hall–Kier alpha value is -2.66. The molecule has 8 heteroatoms. The summed E-state index contributed by atoms with van der Waals surface area (Å²) >= 11 is 0. The Balaban J connectivity index is 2.81. The van der Waals surface area contributed by atoms with Gasteiger partial charge >= 0.3 is 12.0 Å². The van der Waals surface area contributed by atoms with E-state index < -0.39 is 30.5 Å². The number of amides is 2. The van der Waals surface area contributed by atoms with Crippen molar-refractivity contribution in [2.45, 2.75) is 6.04 Å². The third kappa shape index (κ3) is 3.65. The molecule has 19 heavy (non-hydrogen) atoms. The average molecular weight is 267 g/mol. The van der Waals surface area contributed by atoms with E-state index in [-0.39, 0.29) is 11.3 Å². The molecule has 0 bridgehead atoms. The summed E-state index contributed by atoms with van der Waals surface area (Å²) in [5, 5.41) is 30.2. The summed E-state index contributed by atoms with van der Waals surface area (Å²) in [6, 6.07) is 2.74. The molecule has 0 saturated heterocycles. The number of hydrogen-bond acceptors (Lipinski definition) is 4. The molecular formula is C11H10FN3O4. The molecule has 0 aliphatic carbocycles. The van der Waals surface area contributed by atoms with E-state index in [1.54, 1.807) is 6.07 Å². The minimum absolute atomic E-state index is 0.0953. The fraction of sp³-hybridized carbons (Fsp3) is 0.182. The Morgan fingerprint density at radius 3 is 2.68 bits per heavy atom. The summed E-state index contributed by atoms with van der Waals surface area (Å²) in [6.45, 7) is -0.795. The van der Waals surface area contributed by atoms with Crippen molar-refractivity contribution in [1.82, 2.24) is 5.32 Å². The number of rotatable bonds is 4. The molecule has 1 aromatic rings. The number of carbonyl (C=O) groups excluding carboxylic acids is 1. The van der Waals surface area contributed by atoms with E-state index in [0.29, 0.717) is 0 Å². The number of benzene rings is 1. The first-order chi connectivity index (χ1) is 8.99. The second kappa shape index (κ2) is 6.32. The van der Waals surface area contributed by atoms with Crippen LogP contribution in [0.3, 0.4) is 0 Å². The number of nitrogens with zero attached hydrogens (tertiary/aromatic N) is 1. The zero-order valence-electron chi connectivity index (χ0n) is 9.55. The second-order valence-electron chi connectivity index (χ2n) is 3.45. The van der Waals surface area contributed by atoms with Gasteiger partial charge in [0.25, 0.3) is 0 Å². The number of carbonyl (C=O) groups is 2. The summed E-state index contributed by atoms with van der Waals surface area (Å²) in [7, 11) is 0. The standard InChI is InChI=1S/C11H10FN3O4/c12-7-2-1-3-8(6(7)4-13)14-11(19)15-9(5-16)10(17)18/h1-3,9,16H,5H2,(H,17,18)(H2,14,15,19)/t9-/m0/s1. The largest absolute Gasteiger partial charge is 0.480 e. The molecule has 100 valence electrons. The van der Waals surface area contributed by atoms with Gasteiger partial charge in [0.05, 0.1) is 12.3 Å². The van der Waals surface area contributed by atoms with E-state index in [4.69, 9.17) is 15.5 Å². The van der Waals surface area contributed by atoms with Crippen molar-refractivity contribution < 1.29 is 24.2 Å². The van der Waals surface area contributed by atoms with Crippen LogP contribution in [0.15, 0.2) is 18.2 Å². The van der Waals surface area contributed by atoms with Crippen LogP contribution in [-0.2, 0) is 4.79 Å². The summed E-state index contributed by atoms with van der Waals surface area (Å²) in [6.07, 6.45) is 0. The first-order valence-electron chi connectivity index (χ1n) is 5.09. The van der Waals surface area contributed by atoms with Gasteiger partial charge in [-0.05, 0) is 12.1 Å². The molecule has 1 aromatic carbocycles. The lowest BCUT2D eigenvalue weighted by atomic mass is 10.2. The monoisotopic (exact) mass is 267 g/mol. The second-order valence-corrected chi connectivity index (χ2v) is 3.45. The Morgan fingerprint density at radius 1 is 1.47 bits per heavy atom. The first kappa shape index (κ1) is 14.4. The summed E-state index contributed by atoms with van der Waals surface area (Å²) in [5.74, 6) is -2.23. The lowest BCUT2D eigenvalue weighted by Gasteiger charge is -2.13. The number of aliphatic hydroxyl groups excluding tert-OH is 1. The third-order valence-electron chi connectivity index (χ3n) is 2.16. The predicted molar refractivity (Wildman–Crippen MR) is 61.8 cm³/mol. The molecule has 0 spiro atoms. The normalized spacial score (nSPS) is 11.2. The summed E-state index contributed by atoms with van der Waals surface area (Å²) < 4.78 is 13.2. The highest BCUT2D eigenvalue weighted by atomic mass is 19.1. The molecule has 0 saturated carbocycles. The van der Waals surface area contributed by atoms with Crippen LogP contribution in [0.2, 0.25) is 0 Å². The molecular weight excluding hydrogens is 257 g/mol. The van der Waals surface area contributed by atoms with Crippen LogP contribution >= 0.6 is 0 Å².